The number of rotatable bonds is 4. The first-order valence-electron chi connectivity index (χ1n) is 8.09. The van der Waals surface area contributed by atoms with E-state index in [9.17, 15) is 4.39 Å². The lowest BCUT2D eigenvalue weighted by Crippen LogP contribution is -2.43. The maximum absolute atomic E-state index is 13.4. The van der Waals surface area contributed by atoms with Crippen molar-refractivity contribution in [3.8, 4) is 0 Å². The third-order valence-corrected chi connectivity index (χ3v) is 5.54. The maximum Gasteiger partial charge on any atom is 0.137 e. The molecular weight excluding hydrogens is 329 g/mol. The highest BCUT2D eigenvalue weighted by Gasteiger charge is 2.31. The Balaban J connectivity index is 2.08. The molecule has 1 aliphatic carbocycles. The minimum Gasteiger partial charge on any atom is -0.307 e. The van der Waals surface area contributed by atoms with Crippen LogP contribution in [0.3, 0.4) is 0 Å². The molecule has 0 saturated heterocycles. The average molecular weight is 356 g/mol. The van der Waals surface area contributed by atoms with Crippen molar-refractivity contribution in [1.82, 2.24) is 5.32 Å². The van der Waals surface area contributed by atoms with Crippen molar-refractivity contribution >= 4 is 15.9 Å². The van der Waals surface area contributed by atoms with Gasteiger partial charge in [-0.1, -0.05) is 33.3 Å². The Morgan fingerprint density at radius 2 is 1.95 bits per heavy atom. The van der Waals surface area contributed by atoms with Gasteiger partial charge in [-0.2, -0.15) is 0 Å². The standard InChI is InChI=1S/C18H27BrFN/c1-11(2)15-7-5-12(3)9-18(15)21-13(4)14-6-8-17(20)16(19)10-14/h6,8,10-13,15,18,21H,5,7,9H2,1-4H3. The fourth-order valence-electron chi connectivity index (χ4n) is 3.59. The molecule has 4 atom stereocenters. The van der Waals surface area contributed by atoms with Crippen LogP contribution in [0.5, 0.6) is 0 Å². The molecule has 1 nitrogen and oxygen atoms in total. The van der Waals surface area contributed by atoms with Gasteiger partial charge in [0.2, 0.25) is 0 Å². The second-order valence-corrected chi connectivity index (χ2v) is 7.85. The molecule has 0 spiro atoms. The van der Waals surface area contributed by atoms with Gasteiger partial charge in [0, 0.05) is 12.1 Å². The molecular formula is C18H27BrFN. The van der Waals surface area contributed by atoms with Crippen LogP contribution in [0, 0.1) is 23.6 Å². The van der Waals surface area contributed by atoms with E-state index in [1.54, 1.807) is 6.07 Å². The van der Waals surface area contributed by atoms with Crippen LogP contribution in [0.25, 0.3) is 0 Å². The summed E-state index contributed by atoms with van der Waals surface area (Å²) in [4.78, 5) is 0. The summed E-state index contributed by atoms with van der Waals surface area (Å²) in [6.07, 6.45) is 3.91. The average Bonchev–Trinajstić information content (AvgIpc) is 2.41. The van der Waals surface area contributed by atoms with Gasteiger partial charge in [0.1, 0.15) is 5.82 Å². The van der Waals surface area contributed by atoms with Gasteiger partial charge in [0.05, 0.1) is 4.47 Å². The lowest BCUT2D eigenvalue weighted by atomic mass is 9.73. The highest BCUT2D eigenvalue weighted by molar-refractivity contribution is 9.10. The van der Waals surface area contributed by atoms with E-state index in [2.05, 4.69) is 48.9 Å². The Morgan fingerprint density at radius 1 is 1.24 bits per heavy atom. The van der Waals surface area contributed by atoms with Gasteiger partial charge in [0.25, 0.3) is 0 Å². The molecule has 21 heavy (non-hydrogen) atoms. The molecule has 0 aromatic heterocycles. The van der Waals surface area contributed by atoms with Crippen molar-refractivity contribution in [1.29, 1.82) is 0 Å². The third-order valence-electron chi connectivity index (χ3n) is 4.93. The molecule has 1 N–H and O–H groups in total. The molecule has 0 amide bonds. The predicted octanol–water partition coefficient (Wildman–Crippen LogP) is 5.70. The summed E-state index contributed by atoms with van der Waals surface area (Å²) in [6, 6.07) is 6.13. The van der Waals surface area contributed by atoms with Crippen LogP contribution in [-0.2, 0) is 0 Å². The van der Waals surface area contributed by atoms with E-state index < -0.39 is 0 Å². The largest absolute Gasteiger partial charge is 0.307 e. The summed E-state index contributed by atoms with van der Waals surface area (Å²) in [7, 11) is 0. The van der Waals surface area contributed by atoms with Crippen LogP contribution >= 0.6 is 15.9 Å². The number of hydrogen-bond donors (Lipinski definition) is 1. The fourth-order valence-corrected chi connectivity index (χ4v) is 3.99. The normalized spacial score (nSPS) is 27.9. The van der Waals surface area contributed by atoms with Crippen molar-refractivity contribution in [2.75, 3.05) is 0 Å². The van der Waals surface area contributed by atoms with E-state index in [4.69, 9.17) is 0 Å². The summed E-state index contributed by atoms with van der Waals surface area (Å²) in [5.74, 6) is 2.05. The van der Waals surface area contributed by atoms with Crippen molar-refractivity contribution < 1.29 is 4.39 Å². The zero-order valence-corrected chi connectivity index (χ0v) is 15.1. The molecule has 1 fully saturated rings. The van der Waals surface area contributed by atoms with Crippen molar-refractivity contribution in [3.05, 3.63) is 34.1 Å². The number of benzene rings is 1. The van der Waals surface area contributed by atoms with Gasteiger partial charge in [-0.15, -0.1) is 0 Å². The number of halogens is 2. The van der Waals surface area contributed by atoms with Crippen LogP contribution < -0.4 is 5.32 Å². The van der Waals surface area contributed by atoms with Crippen LogP contribution in [0.2, 0.25) is 0 Å². The van der Waals surface area contributed by atoms with Crippen LogP contribution in [0.1, 0.15) is 58.6 Å². The molecule has 2 rings (SSSR count). The molecule has 1 aliphatic rings. The Hall–Kier alpha value is -0.410. The molecule has 0 aliphatic heterocycles. The van der Waals surface area contributed by atoms with E-state index in [1.807, 2.05) is 12.1 Å². The van der Waals surface area contributed by atoms with Crippen molar-refractivity contribution in [3.63, 3.8) is 0 Å². The lowest BCUT2D eigenvalue weighted by Gasteiger charge is -2.39. The molecule has 118 valence electrons. The van der Waals surface area contributed by atoms with E-state index in [-0.39, 0.29) is 11.9 Å². The second kappa shape index (κ2) is 7.23. The monoisotopic (exact) mass is 355 g/mol. The Bertz CT molecular complexity index is 474. The minimum absolute atomic E-state index is 0.197. The van der Waals surface area contributed by atoms with E-state index in [0.29, 0.717) is 16.4 Å². The SMILES string of the molecule is CC1CCC(C(C)C)C(NC(C)c2ccc(F)c(Br)c2)C1. The summed E-state index contributed by atoms with van der Waals surface area (Å²) in [5.41, 5.74) is 1.14. The Morgan fingerprint density at radius 3 is 2.57 bits per heavy atom. The quantitative estimate of drug-likeness (QED) is 0.730. The summed E-state index contributed by atoms with van der Waals surface area (Å²) in [5, 5.41) is 3.80. The molecule has 4 unspecified atom stereocenters. The number of hydrogen-bond acceptors (Lipinski definition) is 1. The topological polar surface area (TPSA) is 12.0 Å². The molecule has 1 aromatic carbocycles. The summed E-state index contributed by atoms with van der Waals surface area (Å²) >= 11 is 3.28. The van der Waals surface area contributed by atoms with Crippen molar-refractivity contribution in [2.24, 2.45) is 17.8 Å². The smallest absolute Gasteiger partial charge is 0.137 e. The summed E-state index contributed by atoms with van der Waals surface area (Å²) in [6.45, 7) is 9.18. The first-order chi connectivity index (χ1) is 9.88. The molecule has 3 heteroatoms. The zero-order chi connectivity index (χ0) is 15.6. The molecule has 0 bridgehead atoms. The van der Waals surface area contributed by atoms with Gasteiger partial charge < -0.3 is 5.32 Å². The minimum atomic E-state index is -0.197. The van der Waals surface area contributed by atoms with E-state index >= 15 is 0 Å². The molecule has 0 heterocycles. The first kappa shape index (κ1) is 17.0. The van der Waals surface area contributed by atoms with Gasteiger partial charge >= 0.3 is 0 Å². The lowest BCUT2D eigenvalue weighted by molar-refractivity contribution is 0.161. The summed E-state index contributed by atoms with van der Waals surface area (Å²) < 4.78 is 13.9. The highest BCUT2D eigenvalue weighted by atomic mass is 79.9. The zero-order valence-electron chi connectivity index (χ0n) is 13.5. The van der Waals surface area contributed by atoms with Gasteiger partial charge in [-0.25, -0.2) is 4.39 Å². The van der Waals surface area contributed by atoms with Crippen LogP contribution in [0.4, 0.5) is 4.39 Å². The van der Waals surface area contributed by atoms with Gasteiger partial charge in [-0.05, 0) is 71.1 Å². The number of nitrogens with one attached hydrogen (secondary N) is 1. The fraction of sp³-hybridized carbons (Fsp3) is 0.667. The van der Waals surface area contributed by atoms with Gasteiger partial charge in [-0.3, -0.25) is 0 Å². The maximum atomic E-state index is 13.4. The molecule has 1 aromatic rings. The first-order valence-corrected chi connectivity index (χ1v) is 8.88. The second-order valence-electron chi connectivity index (χ2n) is 6.99. The van der Waals surface area contributed by atoms with E-state index in [1.165, 1.54) is 19.3 Å². The molecule has 1 saturated carbocycles. The van der Waals surface area contributed by atoms with Crippen LogP contribution in [-0.4, -0.2) is 6.04 Å². The van der Waals surface area contributed by atoms with Gasteiger partial charge in [0.15, 0.2) is 0 Å². The molecule has 0 radical (unpaired) electrons. The third kappa shape index (κ3) is 4.29. The van der Waals surface area contributed by atoms with Crippen LogP contribution in [0.15, 0.2) is 22.7 Å². The highest BCUT2D eigenvalue weighted by Crippen LogP contribution is 2.35. The van der Waals surface area contributed by atoms with E-state index in [0.717, 1.165) is 17.4 Å². The predicted molar refractivity (Wildman–Crippen MR) is 90.8 cm³/mol. The Labute approximate surface area is 136 Å². The Kier molecular flexibility index (Phi) is 5.84. The van der Waals surface area contributed by atoms with Crippen molar-refractivity contribution in [2.45, 2.75) is 59.0 Å².